The van der Waals surface area contributed by atoms with Crippen molar-refractivity contribution in [2.75, 3.05) is 27.3 Å². The second kappa shape index (κ2) is 8.62. The smallest absolute Gasteiger partial charge is 0.338 e. The standard InChI is InChI=1S/C20H23NO6S/c1-25-18-9-8-15(12-19(18)26-2)14-27-20(22)16-6-5-7-17(13-16)28(23,24)21-10-3-4-11-21/h5-9,12-13H,3-4,10-11,14H2,1-2H3. The van der Waals surface area contributed by atoms with Crippen molar-refractivity contribution in [1.29, 1.82) is 0 Å². The van der Waals surface area contributed by atoms with Crippen molar-refractivity contribution in [1.82, 2.24) is 4.31 Å². The molecule has 0 aliphatic carbocycles. The number of hydrogen-bond donors (Lipinski definition) is 0. The zero-order valence-corrected chi connectivity index (χ0v) is 16.7. The van der Waals surface area contributed by atoms with E-state index in [0.29, 0.717) is 24.6 Å². The molecule has 0 radical (unpaired) electrons. The van der Waals surface area contributed by atoms with E-state index in [-0.39, 0.29) is 17.1 Å². The van der Waals surface area contributed by atoms with Crippen LogP contribution in [-0.4, -0.2) is 46.0 Å². The molecule has 150 valence electrons. The van der Waals surface area contributed by atoms with Crippen LogP contribution in [0.4, 0.5) is 0 Å². The maximum absolute atomic E-state index is 12.7. The third-order valence-electron chi connectivity index (χ3n) is 4.59. The lowest BCUT2D eigenvalue weighted by molar-refractivity contribution is 0.0472. The van der Waals surface area contributed by atoms with E-state index in [1.165, 1.54) is 23.5 Å². The van der Waals surface area contributed by atoms with Crippen LogP contribution in [0.3, 0.4) is 0 Å². The molecule has 2 aromatic carbocycles. The molecular weight excluding hydrogens is 382 g/mol. The monoisotopic (exact) mass is 405 g/mol. The first kappa shape index (κ1) is 20.2. The largest absolute Gasteiger partial charge is 0.493 e. The number of ether oxygens (including phenoxy) is 3. The van der Waals surface area contributed by atoms with Gasteiger partial charge in [0.25, 0.3) is 0 Å². The lowest BCUT2D eigenvalue weighted by Crippen LogP contribution is -2.28. The summed E-state index contributed by atoms with van der Waals surface area (Å²) in [6.07, 6.45) is 1.71. The van der Waals surface area contributed by atoms with E-state index >= 15 is 0 Å². The van der Waals surface area contributed by atoms with Crippen LogP contribution in [0.15, 0.2) is 47.4 Å². The van der Waals surface area contributed by atoms with Gasteiger partial charge in [-0.25, -0.2) is 13.2 Å². The highest BCUT2D eigenvalue weighted by Crippen LogP contribution is 2.28. The summed E-state index contributed by atoms with van der Waals surface area (Å²) in [4.78, 5) is 12.5. The number of rotatable bonds is 7. The molecule has 1 aliphatic rings. The highest BCUT2D eigenvalue weighted by Gasteiger charge is 2.27. The number of esters is 1. The first-order valence-electron chi connectivity index (χ1n) is 8.94. The fraction of sp³-hybridized carbons (Fsp3) is 0.350. The van der Waals surface area contributed by atoms with Gasteiger partial charge >= 0.3 is 5.97 Å². The number of carbonyl (C=O) groups is 1. The van der Waals surface area contributed by atoms with Gasteiger partial charge in [-0.3, -0.25) is 0 Å². The van der Waals surface area contributed by atoms with Crippen LogP contribution in [0.2, 0.25) is 0 Å². The van der Waals surface area contributed by atoms with Crippen molar-refractivity contribution in [3.8, 4) is 11.5 Å². The zero-order valence-electron chi connectivity index (χ0n) is 15.9. The van der Waals surface area contributed by atoms with Crippen LogP contribution in [0.5, 0.6) is 11.5 Å². The topological polar surface area (TPSA) is 82.1 Å². The normalized spacial score (nSPS) is 14.6. The SMILES string of the molecule is COc1ccc(COC(=O)c2cccc(S(=O)(=O)N3CCCC3)c2)cc1OC. The lowest BCUT2D eigenvalue weighted by atomic mass is 10.2. The van der Waals surface area contributed by atoms with E-state index in [4.69, 9.17) is 14.2 Å². The van der Waals surface area contributed by atoms with Gasteiger partial charge in [-0.05, 0) is 48.7 Å². The molecule has 7 nitrogen and oxygen atoms in total. The Morgan fingerprint density at radius 2 is 1.71 bits per heavy atom. The van der Waals surface area contributed by atoms with Gasteiger partial charge in [-0.2, -0.15) is 4.31 Å². The molecule has 0 spiro atoms. The van der Waals surface area contributed by atoms with Crippen molar-refractivity contribution in [2.24, 2.45) is 0 Å². The number of hydrogen-bond acceptors (Lipinski definition) is 6. The van der Waals surface area contributed by atoms with Crippen LogP contribution in [0.25, 0.3) is 0 Å². The Balaban J connectivity index is 1.71. The summed E-state index contributed by atoms with van der Waals surface area (Å²) in [7, 11) is -0.513. The number of carbonyl (C=O) groups excluding carboxylic acids is 1. The van der Waals surface area contributed by atoms with E-state index in [1.54, 1.807) is 37.4 Å². The fourth-order valence-electron chi connectivity index (χ4n) is 3.06. The molecule has 1 fully saturated rings. The van der Waals surface area contributed by atoms with Crippen molar-refractivity contribution in [2.45, 2.75) is 24.3 Å². The summed E-state index contributed by atoms with van der Waals surface area (Å²) in [5.41, 5.74) is 0.924. The van der Waals surface area contributed by atoms with Crippen LogP contribution < -0.4 is 9.47 Å². The Hall–Kier alpha value is -2.58. The molecule has 0 unspecified atom stereocenters. The molecule has 1 saturated heterocycles. The first-order chi connectivity index (χ1) is 13.5. The molecule has 1 heterocycles. The van der Waals surface area contributed by atoms with E-state index in [2.05, 4.69) is 0 Å². The van der Waals surface area contributed by atoms with Crippen molar-refractivity contribution in [3.05, 3.63) is 53.6 Å². The third kappa shape index (κ3) is 4.28. The summed E-state index contributed by atoms with van der Waals surface area (Å²) < 4.78 is 42.5. The van der Waals surface area contributed by atoms with Crippen molar-refractivity contribution in [3.63, 3.8) is 0 Å². The highest BCUT2D eigenvalue weighted by molar-refractivity contribution is 7.89. The van der Waals surface area contributed by atoms with Crippen LogP contribution in [0, 0.1) is 0 Å². The second-order valence-electron chi connectivity index (χ2n) is 6.40. The second-order valence-corrected chi connectivity index (χ2v) is 8.34. The Kier molecular flexibility index (Phi) is 6.21. The maximum Gasteiger partial charge on any atom is 0.338 e. The van der Waals surface area contributed by atoms with Crippen LogP contribution in [-0.2, 0) is 21.4 Å². The van der Waals surface area contributed by atoms with Crippen LogP contribution >= 0.6 is 0 Å². The summed E-state index contributed by atoms with van der Waals surface area (Å²) in [6, 6.07) is 11.2. The average Bonchev–Trinajstić information content (AvgIpc) is 3.27. The Labute approximate surface area is 164 Å². The van der Waals surface area contributed by atoms with Gasteiger partial charge in [-0.15, -0.1) is 0 Å². The van der Waals surface area contributed by atoms with Gasteiger partial charge in [0.2, 0.25) is 10.0 Å². The van der Waals surface area contributed by atoms with Gasteiger partial charge in [0.15, 0.2) is 11.5 Å². The van der Waals surface area contributed by atoms with Gasteiger partial charge < -0.3 is 14.2 Å². The first-order valence-corrected chi connectivity index (χ1v) is 10.4. The van der Waals surface area contributed by atoms with E-state index < -0.39 is 16.0 Å². The minimum absolute atomic E-state index is 0.0300. The molecule has 0 atom stereocenters. The lowest BCUT2D eigenvalue weighted by Gasteiger charge is -2.16. The molecule has 0 aromatic heterocycles. The quantitative estimate of drug-likeness (QED) is 0.659. The number of nitrogens with zero attached hydrogens (tertiary/aromatic N) is 1. The zero-order chi connectivity index (χ0) is 20.1. The summed E-state index contributed by atoms with van der Waals surface area (Å²) in [6.45, 7) is 1.05. The maximum atomic E-state index is 12.7. The molecule has 1 aliphatic heterocycles. The molecule has 2 aromatic rings. The van der Waals surface area contributed by atoms with Gasteiger partial charge in [0.05, 0.1) is 24.7 Å². The number of sulfonamides is 1. The minimum Gasteiger partial charge on any atom is -0.493 e. The Morgan fingerprint density at radius 1 is 1.00 bits per heavy atom. The van der Waals surface area contributed by atoms with Crippen LogP contribution in [0.1, 0.15) is 28.8 Å². The molecule has 0 bridgehead atoms. The van der Waals surface area contributed by atoms with Gasteiger partial charge in [-0.1, -0.05) is 12.1 Å². The predicted molar refractivity (Wildman–Crippen MR) is 103 cm³/mol. The van der Waals surface area contributed by atoms with E-state index in [9.17, 15) is 13.2 Å². The molecule has 8 heteroatoms. The molecule has 3 rings (SSSR count). The Bertz CT molecular complexity index is 951. The molecule has 28 heavy (non-hydrogen) atoms. The number of benzene rings is 2. The summed E-state index contributed by atoms with van der Waals surface area (Å²) in [5, 5.41) is 0. The Morgan fingerprint density at radius 3 is 2.39 bits per heavy atom. The average molecular weight is 405 g/mol. The van der Waals surface area contributed by atoms with Gasteiger partial charge in [0.1, 0.15) is 6.61 Å². The summed E-state index contributed by atoms with van der Waals surface area (Å²) in [5.74, 6) is 0.528. The summed E-state index contributed by atoms with van der Waals surface area (Å²) >= 11 is 0. The van der Waals surface area contributed by atoms with Gasteiger partial charge in [0, 0.05) is 13.1 Å². The van der Waals surface area contributed by atoms with E-state index in [1.807, 2.05) is 0 Å². The van der Waals surface area contributed by atoms with E-state index in [0.717, 1.165) is 18.4 Å². The predicted octanol–water partition coefficient (Wildman–Crippen LogP) is 2.85. The van der Waals surface area contributed by atoms with Crippen molar-refractivity contribution < 1.29 is 27.4 Å². The molecule has 0 saturated carbocycles. The highest BCUT2D eigenvalue weighted by atomic mass is 32.2. The minimum atomic E-state index is -3.58. The number of methoxy groups -OCH3 is 2. The molecule has 0 amide bonds. The molecule has 0 N–H and O–H groups in total. The fourth-order valence-corrected chi connectivity index (χ4v) is 4.63. The third-order valence-corrected chi connectivity index (χ3v) is 6.49. The molecular formula is C20H23NO6S. The van der Waals surface area contributed by atoms with Crippen molar-refractivity contribution >= 4 is 16.0 Å².